The molecule has 2 rings (SSSR count). The Morgan fingerprint density at radius 1 is 1.36 bits per heavy atom. The summed E-state index contributed by atoms with van der Waals surface area (Å²) in [6.07, 6.45) is 2.59. The molecule has 132 valence electrons. The molecule has 6 nitrogen and oxygen atoms in total. The average molecular weight is 377 g/mol. The number of carbonyl (C=O) groups is 1. The number of aromatic nitrogens is 1. The number of hydrogen-bond donors (Lipinski definition) is 1. The molecule has 1 aromatic heterocycles. The molecule has 0 saturated heterocycles. The van der Waals surface area contributed by atoms with Gasteiger partial charge in [0.15, 0.2) is 16.0 Å². The number of nitrogens with zero attached hydrogens (tertiary/aromatic N) is 2. The third kappa shape index (κ3) is 3.72. The van der Waals surface area contributed by atoms with Gasteiger partial charge in [-0.05, 0) is 12.3 Å². The van der Waals surface area contributed by atoms with Crippen LogP contribution in [0.25, 0.3) is 11.3 Å². The SMILES string of the molecule is CC(C)CC(C(=O)NC#N)(c1nc(-c2ccccc2)cs1)S(C)(=O)=O. The zero-order valence-corrected chi connectivity index (χ0v) is 15.8. The van der Waals surface area contributed by atoms with E-state index < -0.39 is 20.5 Å². The molecule has 0 fully saturated rings. The van der Waals surface area contributed by atoms with E-state index in [-0.39, 0.29) is 17.3 Å². The number of nitrogens with one attached hydrogen (secondary N) is 1. The van der Waals surface area contributed by atoms with Crippen molar-refractivity contribution in [2.75, 3.05) is 6.26 Å². The third-order valence-corrected chi connectivity index (χ3v) is 6.73. The van der Waals surface area contributed by atoms with Gasteiger partial charge >= 0.3 is 0 Å². The van der Waals surface area contributed by atoms with Crippen LogP contribution in [0, 0.1) is 17.4 Å². The molecular weight excluding hydrogens is 358 g/mol. The van der Waals surface area contributed by atoms with Gasteiger partial charge in [0.1, 0.15) is 5.01 Å². The predicted molar refractivity (Wildman–Crippen MR) is 97.3 cm³/mol. The summed E-state index contributed by atoms with van der Waals surface area (Å²) in [6, 6.07) is 9.30. The molecule has 0 aliphatic heterocycles. The summed E-state index contributed by atoms with van der Waals surface area (Å²) in [7, 11) is -3.88. The van der Waals surface area contributed by atoms with E-state index in [1.807, 2.05) is 49.5 Å². The lowest BCUT2D eigenvalue weighted by Crippen LogP contribution is -2.49. The summed E-state index contributed by atoms with van der Waals surface area (Å²) >= 11 is 1.11. The Morgan fingerprint density at radius 2 is 2.00 bits per heavy atom. The van der Waals surface area contributed by atoms with Crippen LogP contribution < -0.4 is 5.32 Å². The molecule has 1 amide bonds. The van der Waals surface area contributed by atoms with E-state index in [2.05, 4.69) is 4.98 Å². The Hall–Kier alpha value is -2.24. The third-order valence-electron chi connectivity index (χ3n) is 3.78. The fourth-order valence-corrected chi connectivity index (χ4v) is 5.60. The van der Waals surface area contributed by atoms with Gasteiger partial charge in [-0.15, -0.1) is 11.3 Å². The van der Waals surface area contributed by atoms with E-state index in [1.165, 1.54) is 6.19 Å². The Balaban J connectivity index is 2.66. The van der Waals surface area contributed by atoms with Gasteiger partial charge in [0, 0.05) is 17.2 Å². The van der Waals surface area contributed by atoms with Crippen LogP contribution in [0.4, 0.5) is 0 Å². The Morgan fingerprint density at radius 3 is 2.52 bits per heavy atom. The maximum absolute atomic E-state index is 12.6. The van der Waals surface area contributed by atoms with E-state index in [4.69, 9.17) is 5.26 Å². The lowest BCUT2D eigenvalue weighted by atomic mass is 9.95. The molecular formula is C17H19N3O3S2. The normalized spacial score (nSPS) is 13.9. The quantitative estimate of drug-likeness (QED) is 0.616. The van der Waals surface area contributed by atoms with Crippen molar-refractivity contribution in [3.05, 3.63) is 40.7 Å². The summed E-state index contributed by atoms with van der Waals surface area (Å²) < 4.78 is 23.4. The van der Waals surface area contributed by atoms with Gasteiger partial charge in [0.2, 0.25) is 4.75 Å². The van der Waals surface area contributed by atoms with Gasteiger partial charge < -0.3 is 0 Å². The molecule has 0 saturated carbocycles. The smallest absolute Gasteiger partial charge is 0.261 e. The van der Waals surface area contributed by atoms with Gasteiger partial charge in [-0.3, -0.25) is 10.1 Å². The Kier molecular flexibility index (Phi) is 5.60. The zero-order valence-electron chi connectivity index (χ0n) is 14.2. The van der Waals surface area contributed by atoms with Crippen molar-refractivity contribution < 1.29 is 13.2 Å². The molecule has 1 atom stereocenters. The van der Waals surface area contributed by atoms with Crippen molar-refractivity contribution in [1.82, 2.24) is 10.3 Å². The lowest BCUT2D eigenvalue weighted by Gasteiger charge is -2.29. The summed E-state index contributed by atoms with van der Waals surface area (Å²) in [5.74, 6) is -0.955. The van der Waals surface area contributed by atoms with Crippen molar-refractivity contribution in [2.24, 2.45) is 5.92 Å². The maximum atomic E-state index is 12.6. The monoisotopic (exact) mass is 377 g/mol. The number of hydrogen-bond acceptors (Lipinski definition) is 6. The van der Waals surface area contributed by atoms with Crippen molar-refractivity contribution in [1.29, 1.82) is 5.26 Å². The van der Waals surface area contributed by atoms with Crippen LogP contribution in [-0.2, 0) is 19.4 Å². The fraction of sp³-hybridized carbons (Fsp3) is 0.353. The van der Waals surface area contributed by atoms with Crippen molar-refractivity contribution in [3.63, 3.8) is 0 Å². The first-order chi connectivity index (χ1) is 11.7. The van der Waals surface area contributed by atoms with Gasteiger partial charge in [-0.2, -0.15) is 5.26 Å². The highest BCUT2D eigenvalue weighted by atomic mass is 32.2. The highest BCUT2D eigenvalue weighted by Crippen LogP contribution is 2.40. The predicted octanol–water partition coefficient (Wildman–Crippen LogP) is 2.69. The highest BCUT2D eigenvalue weighted by Gasteiger charge is 2.52. The Labute approximate surface area is 151 Å². The largest absolute Gasteiger partial charge is 0.272 e. The molecule has 8 heteroatoms. The van der Waals surface area contributed by atoms with Crippen LogP contribution in [0.15, 0.2) is 35.7 Å². The number of nitriles is 1. The average Bonchev–Trinajstić information content (AvgIpc) is 3.02. The van der Waals surface area contributed by atoms with Gasteiger partial charge in [0.05, 0.1) is 5.69 Å². The summed E-state index contributed by atoms with van der Waals surface area (Å²) in [5.41, 5.74) is 1.43. The molecule has 1 aromatic carbocycles. The summed E-state index contributed by atoms with van der Waals surface area (Å²) in [4.78, 5) is 17.1. The fourth-order valence-electron chi connectivity index (χ4n) is 2.68. The molecule has 1 unspecified atom stereocenters. The van der Waals surface area contributed by atoms with Crippen molar-refractivity contribution in [3.8, 4) is 17.5 Å². The minimum absolute atomic E-state index is 0.0427. The minimum Gasteiger partial charge on any atom is -0.272 e. The van der Waals surface area contributed by atoms with E-state index in [0.29, 0.717) is 5.69 Å². The zero-order chi connectivity index (χ0) is 18.7. The topological polar surface area (TPSA) is 99.9 Å². The van der Waals surface area contributed by atoms with E-state index in [0.717, 1.165) is 23.2 Å². The lowest BCUT2D eigenvalue weighted by molar-refractivity contribution is -0.123. The number of benzene rings is 1. The molecule has 0 aliphatic carbocycles. The molecule has 0 spiro atoms. The summed E-state index contributed by atoms with van der Waals surface area (Å²) in [6.45, 7) is 3.65. The van der Waals surface area contributed by atoms with Gasteiger partial charge in [0.25, 0.3) is 5.91 Å². The minimum atomic E-state index is -3.88. The van der Waals surface area contributed by atoms with Gasteiger partial charge in [-0.25, -0.2) is 13.4 Å². The Bertz CT molecular complexity index is 899. The van der Waals surface area contributed by atoms with Crippen molar-refractivity contribution in [2.45, 2.75) is 25.0 Å². The van der Waals surface area contributed by atoms with Crippen LogP contribution in [0.3, 0.4) is 0 Å². The molecule has 0 radical (unpaired) electrons. The molecule has 1 heterocycles. The first-order valence-electron chi connectivity index (χ1n) is 7.63. The number of amides is 1. The van der Waals surface area contributed by atoms with Crippen LogP contribution >= 0.6 is 11.3 Å². The highest BCUT2D eigenvalue weighted by molar-refractivity contribution is 7.92. The summed E-state index contributed by atoms with van der Waals surface area (Å²) in [5, 5.41) is 12.7. The molecule has 0 bridgehead atoms. The number of rotatable bonds is 6. The van der Waals surface area contributed by atoms with E-state index >= 15 is 0 Å². The molecule has 2 aromatic rings. The first kappa shape index (κ1) is 19.1. The molecule has 1 N–H and O–H groups in total. The van der Waals surface area contributed by atoms with E-state index in [1.54, 1.807) is 5.38 Å². The molecule has 0 aliphatic rings. The first-order valence-corrected chi connectivity index (χ1v) is 10.4. The van der Waals surface area contributed by atoms with E-state index in [9.17, 15) is 13.2 Å². The number of thiazole rings is 1. The molecule has 25 heavy (non-hydrogen) atoms. The second-order valence-corrected chi connectivity index (χ2v) is 9.27. The number of carbonyl (C=O) groups excluding carboxylic acids is 1. The standard InChI is InChI=1S/C17H19N3O3S2/c1-12(2)9-17(25(3,22)23,15(21)19-11-18)16-20-14(10-24-16)13-7-5-4-6-8-13/h4-8,10,12H,9H2,1-3H3,(H,19,21). The second-order valence-electron chi connectivity index (χ2n) is 6.17. The van der Waals surface area contributed by atoms with Crippen LogP contribution in [0.5, 0.6) is 0 Å². The maximum Gasteiger partial charge on any atom is 0.261 e. The van der Waals surface area contributed by atoms with Crippen molar-refractivity contribution >= 4 is 27.1 Å². The van der Waals surface area contributed by atoms with Crippen LogP contribution in [0.1, 0.15) is 25.3 Å². The van der Waals surface area contributed by atoms with Crippen LogP contribution in [0.2, 0.25) is 0 Å². The number of sulfone groups is 1. The second kappa shape index (κ2) is 7.33. The van der Waals surface area contributed by atoms with Gasteiger partial charge in [-0.1, -0.05) is 44.2 Å². The van der Waals surface area contributed by atoms with Crippen LogP contribution in [-0.4, -0.2) is 25.6 Å².